The SMILES string of the molecule is C[C@@H]1[C@@H]2CN(C(=O)[C@H](C(C)(C)C)NC(=O)O[C@@H]3CC4CC4[C@H]3CCCCC(F)(F)c3nc4ccc(Cl)cc4nc3O2)[C@@H]1C=O. The minimum Gasteiger partial charge on any atom is -0.471 e. The first-order valence-corrected chi connectivity index (χ1v) is 15.9. The third-order valence-corrected chi connectivity index (χ3v) is 10.2. The Balaban J connectivity index is 1.39. The van der Waals surface area contributed by atoms with Gasteiger partial charge >= 0.3 is 6.09 Å². The van der Waals surface area contributed by atoms with Crippen LogP contribution in [0.1, 0.15) is 71.9 Å². The molecule has 238 valence electrons. The number of hydrogen-bond donors (Lipinski definition) is 1. The molecular formula is C32H39ClF2N4O5. The lowest BCUT2D eigenvalue weighted by molar-refractivity contribution is -0.139. The highest BCUT2D eigenvalue weighted by atomic mass is 35.5. The summed E-state index contributed by atoms with van der Waals surface area (Å²) in [4.78, 5) is 49.7. The molecule has 3 fully saturated rings. The zero-order valence-electron chi connectivity index (χ0n) is 25.4. The summed E-state index contributed by atoms with van der Waals surface area (Å²) in [5.41, 5.74) is -0.740. The quantitative estimate of drug-likeness (QED) is 0.389. The van der Waals surface area contributed by atoms with Crippen LogP contribution in [-0.4, -0.2) is 64.0 Å². The fourth-order valence-electron chi connectivity index (χ4n) is 7.34. The molecule has 1 aromatic carbocycles. The summed E-state index contributed by atoms with van der Waals surface area (Å²) in [5, 5.41) is 3.17. The van der Waals surface area contributed by atoms with Gasteiger partial charge in [0.1, 0.15) is 24.5 Å². The molecule has 0 radical (unpaired) electrons. The summed E-state index contributed by atoms with van der Waals surface area (Å²) < 4.78 is 44.0. The van der Waals surface area contributed by atoms with Crippen LogP contribution in [0.4, 0.5) is 13.6 Å². The summed E-state index contributed by atoms with van der Waals surface area (Å²) in [7, 11) is 0. The lowest BCUT2D eigenvalue weighted by Crippen LogP contribution is -2.56. The van der Waals surface area contributed by atoms with Crippen molar-refractivity contribution in [3.63, 3.8) is 0 Å². The van der Waals surface area contributed by atoms with Crippen molar-refractivity contribution in [2.24, 2.45) is 29.1 Å². The second-order valence-electron chi connectivity index (χ2n) is 14.0. The zero-order chi connectivity index (χ0) is 31.6. The van der Waals surface area contributed by atoms with Gasteiger partial charge in [0.05, 0.1) is 23.6 Å². The number of amides is 2. The van der Waals surface area contributed by atoms with Crippen molar-refractivity contribution in [1.29, 1.82) is 0 Å². The molecule has 0 spiro atoms. The molecular weight excluding hydrogens is 594 g/mol. The maximum atomic E-state index is 16.0. The van der Waals surface area contributed by atoms with Gasteiger partial charge in [0.2, 0.25) is 11.8 Å². The Bertz CT molecular complexity index is 1470. The van der Waals surface area contributed by atoms with E-state index in [1.165, 1.54) is 11.0 Å². The van der Waals surface area contributed by atoms with E-state index >= 15 is 8.78 Å². The van der Waals surface area contributed by atoms with Gasteiger partial charge in [-0.3, -0.25) is 4.79 Å². The number of fused-ring (bicyclic) bond motifs is 7. The first kappa shape index (κ1) is 30.9. The van der Waals surface area contributed by atoms with Crippen LogP contribution in [0, 0.1) is 29.1 Å². The van der Waals surface area contributed by atoms with Gasteiger partial charge in [-0.25, -0.2) is 14.8 Å². The molecule has 6 rings (SSSR count). The lowest BCUT2D eigenvalue weighted by atomic mass is 9.85. The third-order valence-electron chi connectivity index (χ3n) is 9.94. The molecule has 2 unspecified atom stereocenters. The molecule has 4 aliphatic rings. The molecule has 12 heteroatoms. The van der Waals surface area contributed by atoms with Gasteiger partial charge in [-0.1, -0.05) is 45.7 Å². The Kier molecular flexibility index (Phi) is 7.99. The smallest absolute Gasteiger partial charge is 0.408 e. The minimum atomic E-state index is -3.35. The maximum Gasteiger partial charge on any atom is 0.408 e. The predicted molar refractivity (Wildman–Crippen MR) is 158 cm³/mol. The van der Waals surface area contributed by atoms with Crippen LogP contribution >= 0.6 is 11.6 Å². The van der Waals surface area contributed by atoms with Gasteiger partial charge in [-0.2, -0.15) is 8.78 Å². The first-order valence-electron chi connectivity index (χ1n) is 15.5. The molecule has 1 saturated heterocycles. The van der Waals surface area contributed by atoms with Crippen LogP contribution in [0.25, 0.3) is 11.0 Å². The number of nitrogens with zero attached hydrogens (tertiary/aromatic N) is 3. The summed E-state index contributed by atoms with van der Waals surface area (Å²) >= 11 is 6.16. The van der Waals surface area contributed by atoms with Crippen molar-refractivity contribution in [2.45, 2.75) is 96.4 Å². The summed E-state index contributed by atoms with van der Waals surface area (Å²) in [6.07, 6.45) is 1.58. The molecule has 2 saturated carbocycles. The Morgan fingerprint density at radius 3 is 2.57 bits per heavy atom. The average Bonchev–Trinajstić information content (AvgIpc) is 3.52. The first-order chi connectivity index (χ1) is 20.8. The van der Waals surface area contributed by atoms with Gasteiger partial charge in [-0.05, 0) is 67.1 Å². The standard InChI is InChI=1S/C32H39ClF2N4O5/c1-16-23(15-40)39-14-25(16)43-28-26(36-21-9-8-18(33)13-22(21)37-28)32(34,35)10-6-5-7-19-20-11-17(20)12-24(19)44-30(42)38-27(29(39)41)31(2,3)4/h8-9,13,15-17,19-20,23-25,27H,5-7,10-12,14H2,1-4H3,(H,38,42)/t16-,17?,19+,20?,23+,24+,25-,27+/m0/s1. The topological polar surface area (TPSA) is 111 Å². The molecule has 9 nitrogen and oxygen atoms in total. The summed E-state index contributed by atoms with van der Waals surface area (Å²) in [6.45, 7) is 7.12. The number of ether oxygens (including phenoxy) is 2. The zero-order valence-corrected chi connectivity index (χ0v) is 26.2. The van der Waals surface area contributed by atoms with Gasteiger partial charge in [0.15, 0.2) is 5.69 Å². The van der Waals surface area contributed by atoms with E-state index in [9.17, 15) is 14.4 Å². The largest absolute Gasteiger partial charge is 0.471 e. The molecule has 2 aromatic rings. The highest BCUT2D eigenvalue weighted by Gasteiger charge is 2.55. The van der Waals surface area contributed by atoms with Crippen molar-refractivity contribution in [3.05, 3.63) is 28.9 Å². The molecule has 2 amide bonds. The van der Waals surface area contributed by atoms with Crippen LogP contribution in [0.3, 0.4) is 0 Å². The van der Waals surface area contributed by atoms with Crippen molar-refractivity contribution in [1.82, 2.24) is 20.2 Å². The van der Waals surface area contributed by atoms with Gasteiger partial charge in [0.25, 0.3) is 5.92 Å². The van der Waals surface area contributed by atoms with E-state index < -0.39 is 59.6 Å². The predicted octanol–water partition coefficient (Wildman–Crippen LogP) is 5.91. The molecule has 1 N–H and O–H groups in total. The highest BCUT2D eigenvalue weighted by molar-refractivity contribution is 6.31. The molecule has 3 heterocycles. The Hall–Kier alpha value is -3.08. The van der Waals surface area contributed by atoms with E-state index in [0.29, 0.717) is 41.5 Å². The number of halogens is 3. The molecule has 1 aromatic heterocycles. The highest BCUT2D eigenvalue weighted by Crippen LogP contribution is 2.58. The van der Waals surface area contributed by atoms with Gasteiger partial charge < -0.3 is 24.5 Å². The normalized spacial score (nSPS) is 34.0. The van der Waals surface area contributed by atoms with Crippen LogP contribution in [0.15, 0.2) is 18.2 Å². The second kappa shape index (κ2) is 11.4. The van der Waals surface area contributed by atoms with E-state index in [-0.39, 0.29) is 36.4 Å². The van der Waals surface area contributed by atoms with Crippen LogP contribution in [0.2, 0.25) is 5.02 Å². The van der Waals surface area contributed by atoms with E-state index in [0.717, 1.165) is 12.8 Å². The van der Waals surface area contributed by atoms with Crippen molar-refractivity contribution in [3.8, 4) is 5.88 Å². The molecule has 44 heavy (non-hydrogen) atoms. The van der Waals surface area contributed by atoms with Gasteiger partial charge in [-0.15, -0.1) is 0 Å². The number of nitrogens with one attached hydrogen (secondary N) is 1. The number of aromatic nitrogens is 2. The fraction of sp³-hybridized carbons (Fsp3) is 0.656. The van der Waals surface area contributed by atoms with E-state index in [1.807, 2.05) is 20.8 Å². The number of benzene rings is 1. The second-order valence-corrected chi connectivity index (χ2v) is 14.5. The lowest BCUT2D eigenvalue weighted by Gasteiger charge is -2.35. The minimum absolute atomic E-state index is 0.0684. The molecule has 2 bridgehead atoms. The summed E-state index contributed by atoms with van der Waals surface area (Å²) in [6, 6.07) is 2.73. The monoisotopic (exact) mass is 632 g/mol. The van der Waals surface area contributed by atoms with Crippen molar-refractivity contribution < 1.29 is 32.6 Å². The maximum absolute atomic E-state index is 16.0. The number of carbonyl (C=O) groups is 3. The average molecular weight is 633 g/mol. The number of aldehydes is 1. The number of hydrogen-bond acceptors (Lipinski definition) is 7. The number of alkyl carbamates (subject to hydrolysis) is 1. The van der Waals surface area contributed by atoms with Gasteiger partial charge in [0, 0.05) is 17.4 Å². The van der Waals surface area contributed by atoms with Crippen LogP contribution in [-0.2, 0) is 20.2 Å². The number of carbonyl (C=O) groups excluding carboxylic acids is 3. The number of alkyl halides is 2. The fourth-order valence-corrected chi connectivity index (χ4v) is 7.51. The van der Waals surface area contributed by atoms with Crippen LogP contribution in [0.5, 0.6) is 5.88 Å². The third kappa shape index (κ3) is 5.84. The summed E-state index contributed by atoms with van der Waals surface area (Å²) in [5.74, 6) is -3.74. The van der Waals surface area contributed by atoms with Crippen molar-refractivity contribution in [2.75, 3.05) is 6.54 Å². The Labute approximate surface area is 260 Å². The Morgan fingerprint density at radius 1 is 1.07 bits per heavy atom. The van der Waals surface area contributed by atoms with Crippen LogP contribution < -0.4 is 10.1 Å². The van der Waals surface area contributed by atoms with E-state index in [2.05, 4.69) is 15.3 Å². The van der Waals surface area contributed by atoms with E-state index in [1.54, 1.807) is 19.1 Å². The Morgan fingerprint density at radius 2 is 1.84 bits per heavy atom. The molecule has 8 atom stereocenters. The van der Waals surface area contributed by atoms with Crippen molar-refractivity contribution >= 4 is 40.9 Å². The molecule has 2 aliphatic carbocycles. The molecule has 2 aliphatic heterocycles. The number of rotatable bonds is 1. The van der Waals surface area contributed by atoms with E-state index in [4.69, 9.17) is 21.1 Å².